The van der Waals surface area contributed by atoms with Gasteiger partial charge in [-0.15, -0.1) is 0 Å². The summed E-state index contributed by atoms with van der Waals surface area (Å²) in [4.78, 5) is 0. The van der Waals surface area contributed by atoms with Crippen molar-refractivity contribution in [2.75, 3.05) is 11.9 Å². The molecule has 106 valence electrons. The van der Waals surface area contributed by atoms with Crippen LogP contribution in [0.4, 0.5) is 5.69 Å². The molecule has 0 aliphatic carbocycles. The van der Waals surface area contributed by atoms with Crippen molar-refractivity contribution < 1.29 is 0 Å². The fourth-order valence-corrected chi connectivity index (χ4v) is 2.72. The van der Waals surface area contributed by atoms with Crippen LogP contribution in [0.3, 0.4) is 0 Å². The zero-order valence-electron chi connectivity index (χ0n) is 11.6. The molecular weight excluding hydrogens is 292 g/mol. The molecule has 0 unspecified atom stereocenters. The third-order valence-corrected chi connectivity index (χ3v) is 4.07. The van der Waals surface area contributed by atoms with E-state index in [2.05, 4.69) is 20.1 Å². The van der Waals surface area contributed by atoms with E-state index in [9.17, 15) is 0 Å². The van der Waals surface area contributed by atoms with Gasteiger partial charge in [0.05, 0.1) is 33.9 Å². The Hall–Kier alpha value is -1.38. The summed E-state index contributed by atoms with van der Waals surface area (Å²) in [5.41, 5.74) is 2.32. The van der Waals surface area contributed by atoms with Gasteiger partial charge in [0, 0.05) is 6.54 Å². The molecule has 1 N–H and O–H groups in total. The molecule has 4 nitrogen and oxygen atoms in total. The molecule has 2 aromatic rings. The van der Waals surface area contributed by atoms with Gasteiger partial charge in [-0.2, -0.15) is 14.0 Å². The lowest BCUT2D eigenvalue weighted by Gasteiger charge is -2.14. The predicted molar refractivity (Wildman–Crippen MR) is 84.2 cm³/mol. The van der Waals surface area contributed by atoms with Gasteiger partial charge in [0.25, 0.3) is 0 Å². The van der Waals surface area contributed by atoms with E-state index in [0.717, 1.165) is 42.5 Å². The Labute approximate surface area is 128 Å². The number of hydrogen-bond acceptors (Lipinski definition) is 5. The minimum Gasteiger partial charge on any atom is -0.382 e. The highest BCUT2D eigenvalue weighted by Crippen LogP contribution is 2.30. The summed E-state index contributed by atoms with van der Waals surface area (Å²) in [5.74, 6) is 0. The van der Waals surface area contributed by atoms with Gasteiger partial charge < -0.3 is 5.32 Å². The molecule has 1 aromatic heterocycles. The first kappa shape index (κ1) is 15.0. The van der Waals surface area contributed by atoms with Gasteiger partial charge in [0.1, 0.15) is 11.0 Å². The number of nitrogens with one attached hydrogen (secondary N) is 1. The maximum atomic E-state index is 8.96. The smallest absolute Gasteiger partial charge is 0.129 e. The summed E-state index contributed by atoms with van der Waals surface area (Å²) in [6, 6.07) is 6.04. The molecule has 0 spiro atoms. The summed E-state index contributed by atoms with van der Waals surface area (Å²) < 4.78 is 8.48. The van der Waals surface area contributed by atoms with Gasteiger partial charge in [-0.05, 0) is 38.8 Å². The second kappa shape index (κ2) is 6.38. The van der Waals surface area contributed by atoms with Crippen LogP contribution in [0.25, 0.3) is 11.0 Å². The maximum Gasteiger partial charge on any atom is 0.129 e. The fourth-order valence-electron chi connectivity index (χ4n) is 1.96. The second-order valence-electron chi connectivity index (χ2n) is 5.43. The van der Waals surface area contributed by atoms with Crippen LogP contribution >= 0.6 is 23.3 Å². The van der Waals surface area contributed by atoms with Crippen LogP contribution in [0.5, 0.6) is 0 Å². The lowest BCUT2D eigenvalue weighted by Crippen LogP contribution is -2.09. The number of nitrogens with zero attached hydrogens (tertiary/aromatic N) is 3. The quantitative estimate of drug-likeness (QED) is 0.799. The van der Waals surface area contributed by atoms with Crippen molar-refractivity contribution in [1.82, 2.24) is 8.75 Å². The Morgan fingerprint density at radius 1 is 1.35 bits per heavy atom. The first-order chi connectivity index (χ1) is 9.53. The van der Waals surface area contributed by atoms with Gasteiger partial charge >= 0.3 is 0 Å². The molecule has 20 heavy (non-hydrogen) atoms. The first-order valence-electron chi connectivity index (χ1n) is 6.59. The van der Waals surface area contributed by atoms with Crippen LogP contribution in [0.2, 0.25) is 5.02 Å². The number of unbranched alkanes of at least 4 members (excludes halogenated alkanes) is 1. The Morgan fingerprint density at radius 3 is 2.90 bits per heavy atom. The number of halogens is 1. The molecule has 0 fully saturated rings. The third kappa shape index (κ3) is 3.59. The summed E-state index contributed by atoms with van der Waals surface area (Å²) in [6.07, 6.45) is 2.91. The zero-order chi connectivity index (χ0) is 14.6. The summed E-state index contributed by atoms with van der Waals surface area (Å²) in [6.45, 7) is 4.76. The first-order valence-corrected chi connectivity index (χ1v) is 7.70. The number of benzene rings is 1. The van der Waals surface area contributed by atoms with Gasteiger partial charge in [-0.3, -0.25) is 0 Å². The summed E-state index contributed by atoms with van der Waals surface area (Å²) >= 11 is 7.39. The van der Waals surface area contributed by atoms with Gasteiger partial charge in [-0.1, -0.05) is 18.0 Å². The topological polar surface area (TPSA) is 61.6 Å². The minimum absolute atomic E-state index is 0.240. The molecule has 1 aromatic carbocycles. The highest BCUT2D eigenvalue weighted by atomic mass is 35.5. The fraction of sp³-hybridized carbons (Fsp3) is 0.500. The molecule has 0 saturated carbocycles. The number of fused-ring (bicyclic) bond motifs is 1. The van der Waals surface area contributed by atoms with Crippen molar-refractivity contribution in [3.05, 3.63) is 17.2 Å². The Balaban J connectivity index is 1.89. The van der Waals surface area contributed by atoms with Crippen LogP contribution in [0, 0.1) is 16.7 Å². The van der Waals surface area contributed by atoms with E-state index in [-0.39, 0.29) is 5.41 Å². The van der Waals surface area contributed by atoms with E-state index in [0.29, 0.717) is 5.02 Å². The van der Waals surface area contributed by atoms with E-state index < -0.39 is 0 Å². The standard InChI is InChI=1S/C14H17ClN4S/c1-14(2,9-16)7-3-4-8-17-12-10(15)5-6-11-13(12)19-20-18-11/h5-6,17H,3-4,7-8H2,1-2H3. The van der Waals surface area contributed by atoms with Crippen LogP contribution in [-0.2, 0) is 0 Å². The van der Waals surface area contributed by atoms with E-state index >= 15 is 0 Å². The van der Waals surface area contributed by atoms with Crippen LogP contribution < -0.4 is 5.32 Å². The van der Waals surface area contributed by atoms with Crippen LogP contribution in [-0.4, -0.2) is 15.3 Å². The number of rotatable bonds is 6. The number of nitriles is 1. The average molecular weight is 309 g/mol. The summed E-state index contributed by atoms with van der Waals surface area (Å²) in [7, 11) is 0. The monoisotopic (exact) mass is 308 g/mol. The van der Waals surface area contributed by atoms with Gasteiger partial charge in [-0.25, -0.2) is 0 Å². The SMILES string of the molecule is CC(C)(C#N)CCCCNc1c(Cl)ccc2nsnc12. The molecule has 0 aliphatic heterocycles. The molecular formula is C14H17ClN4S. The largest absolute Gasteiger partial charge is 0.382 e. The highest BCUT2D eigenvalue weighted by molar-refractivity contribution is 7.00. The Bertz CT molecular complexity index is 630. The molecule has 6 heteroatoms. The third-order valence-electron chi connectivity index (χ3n) is 3.21. The molecule has 0 amide bonds. The molecule has 0 aliphatic rings. The van der Waals surface area contributed by atoms with E-state index in [1.807, 2.05) is 26.0 Å². The molecule has 1 heterocycles. The number of hydrogen-bond donors (Lipinski definition) is 1. The number of anilines is 1. The van der Waals surface area contributed by atoms with Crippen molar-refractivity contribution >= 4 is 40.0 Å². The van der Waals surface area contributed by atoms with Crippen molar-refractivity contribution in [2.24, 2.45) is 5.41 Å². The molecule has 2 rings (SSSR count). The normalized spacial score (nSPS) is 11.5. The van der Waals surface area contributed by atoms with Crippen molar-refractivity contribution in [3.63, 3.8) is 0 Å². The molecule has 0 bridgehead atoms. The Morgan fingerprint density at radius 2 is 2.15 bits per heavy atom. The van der Waals surface area contributed by atoms with Crippen molar-refractivity contribution in [2.45, 2.75) is 33.1 Å². The zero-order valence-corrected chi connectivity index (χ0v) is 13.2. The van der Waals surface area contributed by atoms with Crippen LogP contribution in [0.15, 0.2) is 12.1 Å². The van der Waals surface area contributed by atoms with Crippen molar-refractivity contribution in [3.8, 4) is 6.07 Å². The van der Waals surface area contributed by atoms with Gasteiger partial charge in [0.2, 0.25) is 0 Å². The molecule has 0 atom stereocenters. The molecule has 0 saturated heterocycles. The van der Waals surface area contributed by atoms with Gasteiger partial charge in [0.15, 0.2) is 0 Å². The second-order valence-corrected chi connectivity index (χ2v) is 6.37. The predicted octanol–water partition coefficient (Wildman–Crippen LogP) is 4.48. The van der Waals surface area contributed by atoms with Crippen molar-refractivity contribution in [1.29, 1.82) is 5.26 Å². The maximum absolute atomic E-state index is 8.96. The lowest BCUT2D eigenvalue weighted by molar-refractivity contribution is 0.430. The van der Waals surface area contributed by atoms with E-state index in [4.69, 9.17) is 16.9 Å². The van der Waals surface area contributed by atoms with Crippen LogP contribution in [0.1, 0.15) is 33.1 Å². The lowest BCUT2D eigenvalue weighted by atomic mass is 9.89. The number of aromatic nitrogens is 2. The Kier molecular flexibility index (Phi) is 4.79. The summed E-state index contributed by atoms with van der Waals surface area (Å²) in [5, 5.41) is 13.0. The van der Waals surface area contributed by atoms with E-state index in [1.165, 1.54) is 11.7 Å². The molecule has 0 radical (unpaired) electrons. The van der Waals surface area contributed by atoms with E-state index in [1.54, 1.807) is 0 Å². The highest BCUT2D eigenvalue weighted by Gasteiger charge is 2.15. The average Bonchev–Trinajstić information content (AvgIpc) is 2.89. The minimum atomic E-state index is -0.240.